The molecule has 11 nitrogen and oxygen atoms in total. The van der Waals surface area contributed by atoms with Crippen molar-refractivity contribution in [3.05, 3.63) is 17.4 Å². The summed E-state index contributed by atoms with van der Waals surface area (Å²) in [6, 6.07) is 0. The molecule has 0 spiro atoms. The number of hydrazine groups is 1. The van der Waals surface area contributed by atoms with Crippen LogP contribution in [0.3, 0.4) is 0 Å². The predicted molar refractivity (Wildman–Crippen MR) is 117 cm³/mol. The monoisotopic (exact) mass is 524 g/mol. The fraction of sp³-hybridized carbons (Fsp3) is 0.700. The highest BCUT2D eigenvalue weighted by Gasteiger charge is 2.52. The predicted octanol–water partition coefficient (Wildman–Crippen LogP) is 0.398. The number of hydrogen-bond donors (Lipinski definition) is 2. The number of aromatic nitrogens is 2. The second kappa shape index (κ2) is 12.6. The maximum Gasteiger partial charge on any atom is 0.403 e. The number of rotatable bonds is 10. The number of carbonyl (C=O) groups excluding carboxylic acids is 2. The number of piperazine rings is 1. The van der Waals surface area contributed by atoms with E-state index in [4.69, 9.17) is 25.8 Å². The Morgan fingerprint density at radius 2 is 1.91 bits per heavy atom. The van der Waals surface area contributed by atoms with Crippen molar-refractivity contribution in [1.82, 2.24) is 25.7 Å². The van der Waals surface area contributed by atoms with Crippen molar-refractivity contribution in [2.75, 3.05) is 64.6 Å². The highest BCUT2D eigenvalue weighted by atomic mass is 35.5. The van der Waals surface area contributed by atoms with E-state index in [9.17, 15) is 22.8 Å². The van der Waals surface area contributed by atoms with Gasteiger partial charge in [0.25, 0.3) is 0 Å². The Hall–Kier alpha value is -2.26. The first-order valence-corrected chi connectivity index (χ1v) is 11.4. The van der Waals surface area contributed by atoms with Gasteiger partial charge in [-0.1, -0.05) is 11.6 Å². The third-order valence-corrected chi connectivity index (χ3v) is 5.76. The third kappa shape index (κ3) is 7.87. The van der Waals surface area contributed by atoms with Crippen LogP contribution in [0.25, 0.3) is 0 Å². The average Bonchev–Trinajstić information content (AvgIpc) is 2.82. The standard InChI is InChI=1S/C20H28ClF3N6O5/c1-33-11-14(12-35-15-10-27-28-18(32)17(15)20(22,23)24)34-7-2-16(31)29-3-5-30(6-4-29)19-25-8-13(21)9-26-19/h8-9,14-15,17,27H,2-7,10-12H2,1H3,(H,28,32)/t14-,15?,17?/m0/s1. The molecular formula is C20H28ClF3N6O5. The SMILES string of the molecule is COC[C@@H](COC1CNNC(=O)C1C(F)(F)F)OCCC(=O)N1CCN(c2ncc(Cl)cn2)CC1. The molecule has 15 heteroatoms. The van der Waals surface area contributed by atoms with E-state index in [0.29, 0.717) is 37.1 Å². The van der Waals surface area contributed by atoms with Crippen LogP contribution in [-0.4, -0.2) is 105 Å². The van der Waals surface area contributed by atoms with E-state index < -0.39 is 30.2 Å². The highest BCUT2D eigenvalue weighted by Crippen LogP contribution is 2.31. The van der Waals surface area contributed by atoms with Crippen molar-refractivity contribution in [1.29, 1.82) is 0 Å². The highest BCUT2D eigenvalue weighted by molar-refractivity contribution is 6.30. The van der Waals surface area contributed by atoms with Crippen LogP contribution >= 0.6 is 11.6 Å². The van der Waals surface area contributed by atoms with E-state index in [-0.39, 0.29) is 38.7 Å². The lowest BCUT2D eigenvalue weighted by atomic mass is 9.99. The van der Waals surface area contributed by atoms with Crippen molar-refractivity contribution < 1.29 is 37.0 Å². The Kier molecular flexibility index (Phi) is 9.86. The van der Waals surface area contributed by atoms with Crippen LogP contribution in [0.5, 0.6) is 0 Å². The molecule has 3 heterocycles. The van der Waals surface area contributed by atoms with Crippen LogP contribution in [0.4, 0.5) is 19.1 Å². The Balaban J connectivity index is 1.41. The Labute approximate surface area is 205 Å². The number of halogens is 4. The minimum Gasteiger partial charge on any atom is -0.382 e. The number of hydrogen-bond acceptors (Lipinski definition) is 9. The molecule has 1 aromatic rings. The van der Waals surface area contributed by atoms with Crippen LogP contribution in [-0.2, 0) is 23.8 Å². The van der Waals surface area contributed by atoms with Gasteiger partial charge in [-0.25, -0.2) is 15.4 Å². The number of carbonyl (C=O) groups is 2. The fourth-order valence-electron chi connectivity index (χ4n) is 3.77. The van der Waals surface area contributed by atoms with Gasteiger partial charge in [0.2, 0.25) is 17.8 Å². The topological polar surface area (TPSA) is 118 Å². The summed E-state index contributed by atoms with van der Waals surface area (Å²) in [5.41, 5.74) is 4.36. The normalized spacial score (nSPS) is 22.1. The van der Waals surface area contributed by atoms with E-state index >= 15 is 0 Å². The summed E-state index contributed by atoms with van der Waals surface area (Å²) in [4.78, 5) is 36.2. The molecule has 3 atom stereocenters. The molecule has 2 N–H and O–H groups in total. The second-order valence-corrected chi connectivity index (χ2v) is 8.46. The van der Waals surface area contributed by atoms with Crippen molar-refractivity contribution in [3.63, 3.8) is 0 Å². The van der Waals surface area contributed by atoms with E-state index in [1.807, 2.05) is 10.3 Å². The summed E-state index contributed by atoms with van der Waals surface area (Å²) >= 11 is 5.81. The van der Waals surface area contributed by atoms with Crippen molar-refractivity contribution in [3.8, 4) is 0 Å². The maximum atomic E-state index is 13.2. The number of nitrogens with one attached hydrogen (secondary N) is 2. The summed E-state index contributed by atoms with van der Waals surface area (Å²) in [5, 5.41) is 0.445. The van der Waals surface area contributed by atoms with Crippen LogP contribution in [0, 0.1) is 5.92 Å². The minimum absolute atomic E-state index is 0.0445. The van der Waals surface area contributed by atoms with E-state index in [0.717, 1.165) is 0 Å². The average molecular weight is 525 g/mol. The first kappa shape index (κ1) is 27.3. The lowest BCUT2D eigenvalue weighted by Crippen LogP contribution is -2.60. The molecule has 196 valence electrons. The van der Waals surface area contributed by atoms with Crippen LogP contribution in [0.1, 0.15) is 6.42 Å². The molecule has 2 amide bonds. The quantitative estimate of drug-likeness (QED) is 0.448. The van der Waals surface area contributed by atoms with Gasteiger partial charge in [-0.15, -0.1) is 0 Å². The van der Waals surface area contributed by atoms with Crippen molar-refractivity contribution >= 4 is 29.4 Å². The number of anilines is 1. The van der Waals surface area contributed by atoms with Gasteiger partial charge in [-0.2, -0.15) is 13.2 Å². The van der Waals surface area contributed by atoms with Gasteiger partial charge < -0.3 is 24.0 Å². The molecule has 0 radical (unpaired) electrons. The first-order chi connectivity index (χ1) is 16.7. The summed E-state index contributed by atoms with van der Waals surface area (Å²) in [7, 11) is 1.42. The van der Waals surface area contributed by atoms with Gasteiger partial charge in [0.05, 0.1) is 49.8 Å². The largest absolute Gasteiger partial charge is 0.403 e. The Morgan fingerprint density at radius 1 is 1.23 bits per heavy atom. The molecule has 0 aliphatic carbocycles. The van der Waals surface area contributed by atoms with Crippen molar-refractivity contribution in [2.45, 2.75) is 24.8 Å². The lowest BCUT2D eigenvalue weighted by Gasteiger charge is -2.35. The van der Waals surface area contributed by atoms with Gasteiger partial charge in [0, 0.05) is 39.8 Å². The van der Waals surface area contributed by atoms with E-state index in [1.165, 1.54) is 19.5 Å². The Bertz CT molecular complexity index is 842. The zero-order valence-electron chi connectivity index (χ0n) is 19.1. The summed E-state index contributed by atoms with van der Waals surface area (Å²) in [5.74, 6) is -3.05. The first-order valence-electron chi connectivity index (χ1n) is 11.0. The van der Waals surface area contributed by atoms with Gasteiger partial charge in [-0.05, 0) is 0 Å². The van der Waals surface area contributed by atoms with Crippen molar-refractivity contribution in [2.24, 2.45) is 5.92 Å². The molecule has 3 rings (SSSR count). The molecule has 0 bridgehead atoms. The number of amides is 2. The van der Waals surface area contributed by atoms with Gasteiger partial charge in [0.1, 0.15) is 6.10 Å². The molecule has 1 aromatic heterocycles. The third-order valence-electron chi connectivity index (χ3n) is 5.56. The van der Waals surface area contributed by atoms with Gasteiger partial charge >= 0.3 is 6.18 Å². The van der Waals surface area contributed by atoms with Gasteiger partial charge in [0.15, 0.2) is 5.92 Å². The summed E-state index contributed by atoms with van der Waals surface area (Å²) < 4.78 is 55.8. The maximum absolute atomic E-state index is 13.2. The van der Waals surface area contributed by atoms with Crippen LogP contribution < -0.4 is 15.8 Å². The molecule has 0 aromatic carbocycles. The molecule has 2 aliphatic heterocycles. The number of methoxy groups -OCH3 is 1. The lowest BCUT2D eigenvalue weighted by molar-refractivity contribution is -0.216. The number of alkyl halides is 3. The molecule has 2 fully saturated rings. The number of ether oxygens (including phenoxy) is 3. The Morgan fingerprint density at radius 3 is 2.54 bits per heavy atom. The molecular weight excluding hydrogens is 497 g/mol. The summed E-state index contributed by atoms with van der Waals surface area (Å²) in [6.45, 7) is 1.78. The minimum atomic E-state index is -4.75. The van der Waals surface area contributed by atoms with Crippen LogP contribution in [0.15, 0.2) is 12.4 Å². The molecule has 2 aliphatic rings. The molecule has 2 saturated heterocycles. The fourth-order valence-corrected chi connectivity index (χ4v) is 3.87. The van der Waals surface area contributed by atoms with E-state index in [2.05, 4.69) is 15.4 Å². The number of nitrogens with zero attached hydrogens (tertiary/aromatic N) is 4. The van der Waals surface area contributed by atoms with Crippen LogP contribution in [0.2, 0.25) is 5.02 Å². The molecule has 2 unspecified atom stereocenters. The second-order valence-electron chi connectivity index (χ2n) is 8.03. The molecule has 35 heavy (non-hydrogen) atoms. The summed E-state index contributed by atoms with van der Waals surface area (Å²) in [6.07, 6.45) is -3.73. The molecule has 0 saturated carbocycles. The van der Waals surface area contributed by atoms with Gasteiger partial charge in [-0.3, -0.25) is 15.0 Å². The van der Waals surface area contributed by atoms with E-state index in [1.54, 1.807) is 4.90 Å². The smallest absolute Gasteiger partial charge is 0.382 e. The zero-order chi connectivity index (χ0) is 25.4. The zero-order valence-corrected chi connectivity index (χ0v) is 19.8.